The van der Waals surface area contributed by atoms with Crippen LogP contribution in [0.25, 0.3) is 0 Å². The van der Waals surface area contributed by atoms with Crippen LogP contribution in [-0.4, -0.2) is 29.9 Å². The fourth-order valence-electron chi connectivity index (χ4n) is 3.38. The number of amides is 2. The molecule has 1 unspecified atom stereocenters. The largest absolute Gasteiger partial charge is 0.483 e. The summed E-state index contributed by atoms with van der Waals surface area (Å²) >= 11 is 0. The normalized spacial score (nSPS) is 15.6. The molecule has 1 aliphatic heterocycles. The summed E-state index contributed by atoms with van der Waals surface area (Å²) in [4.78, 5) is 37.9. The Kier molecular flexibility index (Phi) is 6.34. The Morgan fingerprint density at radius 3 is 2.60 bits per heavy atom. The number of carbonyl (C=O) groups excluding carboxylic acids is 2. The van der Waals surface area contributed by atoms with Crippen LogP contribution in [0.15, 0.2) is 42.5 Å². The Balaban J connectivity index is 2.00. The lowest BCUT2D eigenvalue weighted by molar-refractivity contribution is -0.384. The molecule has 2 aromatic carbocycles. The number of fused-ring (bicyclic) bond motifs is 1. The molecular weight excluding hydrogens is 386 g/mol. The lowest BCUT2D eigenvalue weighted by Gasteiger charge is -2.28. The molecule has 1 N–H and O–H groups in total. The van der Waals surface area contributed by atoms with Crippen LogP contribution >= 0.6 is 0 Å². The molecule has 2 aromatic rings. The molecule has 2 amide bonds. The zero-order valence-electron chi connectivity index (χ0n) is 17.3. The zero-order chi connectivity index (χ0) is 21.8. The second-order valence-electron chi connectivity index (χ2n) is 7.73. The number of ether oxygens (including phenoxy) is 1. The van der Waals surface area contributed by atoms with Gasteiger partial charge in [-0.2, -0.15) is 0 Å². The van der Waals surface area contributed by atoms with Crippen LogP contribution in [-0.2, 0) is 9.59 Å². The van der Waals surface area contributed by atoms with Gasteiger partial charge < -0.3 is 15.0 Å². The van der Waals surface area contributed by atoms with E-state index in [-0.39, 0.29) is 24.1 Å². The van der Waals surface area contributed by atoms with Gasteiger partial charge in [-0.1, -0.05) is 32.0 Å². The molecule has 158 valence electrons. The van der Waals surface area contributed by atoms with Gasteiger partial charge in [0.25, 0.3) is 17.5 Å². The van der Waals surface area contributed by atoms with Crippen LogP contribution < -0.4 is 15.0 Å². The van der Waals surface area contributed by atoms with Gasteiger partial charge in [-0.15, -0.1) is 0 Å². The van der Waals surface area contributed by atoms with Crippen molar-refractivity contribution in [2.75, 3.05) is 18.1 Å². The van der Waals surface area contributed by atoms with Crippen LogP contribution in [0.1, 0.15) is 37.4 Å². The van der Waals surface area contributed by atoms with E-state index in [4.69, 9.17) is 4.74 Å². The van der Waals surface area contributed by atoms with E-state index in [0.717, 1.165) is 12.0 Å². The highest BCUT2D eigenvalue weighted by Gasteiger charge is 2.33. The number of non-ortho nitro benzene ring substituents is 1. The molecular formula is C22H25N3O5. The summed E-state index contributed by atoms with van der Waals surface area (Å²) in [6, 6.07) is 10.4. The molecule has 1 atom stereocenters. The quantitative estimate of drug-likeness (QED) is 0.579. The number of nitro benzene ring substituents is 1. The Labute approximate surface area is 175 Å². The number of nitrogens with zero attached hydrogens (tertiary/aromatic N) is 2. The number of anilines is 1. The molecule has 0 aliphatic carbocycles. The first-order valence-corrected chi connectivity index (χ1v) is 9.85. The lowest BCUT2D eigenvalue weighted by Crippen LogP contribution is -2.43. The maximum absolute atomic E-state index is 13.6. The smallest absolute Gasteiger partial charge is 0.269 e. The molecule has 30 heavy (non-hydrogen) atoms. The highest BCUT2D eigenvalue weighted by atomic mass is 16.6. The average molecular weight is 411 g/mol. The van der Waals surface area contributed by atoms with Crippen molar-refractivity contribution in [3.05, 3.63) is 63.7 Å². The van der Waals surface area contributed by atoms with Gasteiger partial charge in [0, 0.05) is 29.9 Å². The first kappa shape index (κ1) is 21.3. The van der Waals surface area contributed by atoms with Crippen LogP contribution in [0.5, 0.6) is 5.75 Å². The van der Waals surface area contributed by atoms with Crippen LogP contribution in [0.4, 0.5) is 11.4 Å². The molecule has 8 nitrogen and oxygen atoms in total. The minimum absolute atomic E-state index is 0.0489. The van der Waals surface area contributed by atoms with Gasteiger partial charge in [0.1, 0.15) is 11.8 Å². The molecule has 3 rings (SSSR count). The van der Waals surface area contributed by atoms with E-state index in [2.05, 4.69) is 19.2 Å². The maximum atomic E-state index is 13.6. The van der Waals surface area contributed by atoms with Crippen molar-refractivity contribution >= 4 is 23.2 Å². The van der Waals surface area contributed by atoms with Crippen molar-refractivity contribution in [3.8, 4) is 5.75 Å². The Morgan fingerprint density at radius 2 is 1.97 bits per heavy atom. The Hall–Kier alpha value is -3.42. The van der Waals surface area contributed by atoms with Gasteiger partial charge >= 0.3 is 0 Å². The van der Waals surface area contributed by atoms with Crippen molar-refractivity contribution in [2.45, 2.75) is 33.2 Å². The predicted octanol–water partition coefficient (Wildman–Crippen LogP) is 3.53. The summed E-state index contributed by atoms with van der Waals surface area (Å²) in [5.74, 6) is 0.188. The van der Waals surface area contributed by atoms with Crippen LogP contribution in [0, 0.1) is 23.0 Å². The van der Waals surface area contributed by atoms with Crippen molar-refractivity contribution in [1.82, 2.24) is 5.32 Å². The van der Waals surface area contributed by atoms with Gasteiger partial charge in [0.05, 0.1) is 4.92 Å². The highest BCUT2D eigenvalue weighted by Crippen LogP contribution is 2.33. The zero-order valence-corrected chi connectivity index (χ0v) is 17.3. The van der Waals surface area contributed by atoms with Gasteiger partial charge in [0.2, 0.25) is 0 Å². The first-order chi connectivity index (χ1) is 14.3. The Bertz CT molecular complexity index is 956. The number of rotatable bonds is 6. The van der Waals surface area contributed by atoms with Gasteiger partial charge in [0.15, 0.2) is 6.61 Å². The first-order valence-electron chi connectivity index (χ1n) is 9.85. The van der Waals surface area contributed by atoms with Crippen molar-refractivity contribution in [3.63, 3.8) is 0 Å². The monoisotopic (exact) mass is 411 g/mol. The number of nitrogens with one attached hydrogen (secondary N) is 1. The third-order valence-corrected chi connectivity index (χ3v) is 5.02. The predicted molar refractivity (Wildman–Crippen MR) is 112 cm³/mol. The average Bonchev–Trinajstić information content (AvgIpc) is 2.88. The summed E-state index contributed by atoms with van der Waals surface area (Å²) in [7, 11) is 0. The third-order valence-electron chi connectivity index (χ3n) is 5.02. The summed E-state index contributed by atoms with van der Waals surface area (Å²) in [6.45, 7) is 6.23. The molecule has 0 radical (unpaired) electrons. The molecule has 0 saturated heterocycles. The maximum Gasteiger partial charge on any atom is 0.269 e. The van der Waals surface area contributed by atoms with Crippen molar-refractivity contribution in [1.29, 1.82) is 0 Å². The second-order valence-corrected chi connectivity index (χ2v) is 7.73. The molecule has 1 aliphatic rings. The Morgan fingerprint density at radius 1 is 1.27 bits per heavy atom. The van der Waals surface area contributed by atoms with E-state index in [1.807, 2.05) is 19.1 Å². The van der Waals surface area contributed by atoms with Crippen molar-refractivity contribution < 1.29 is 19.2 Å². The minimum Gasteiger partial charge on any atom is -0.483 e. The molecule has 8 heteroatoms. The molecule has 0 saturated carbocycles. The highest BCUT2D eigenvalue weighted by molar-refractivity contribution is 6.00. The molecule has 1 heterocycles. The molecule has 0 aromatic heterocycles. The summed E-state index contributed by atoms with van der Waals surface area (Å²) in [6.07, 6.45) is 0.737. The van der Waals surface area contributed by atoms with E-state index in [1.165, 1.54) is 12.1 Å². The molecule has 0 fully saturated rings. The minimum atomic E-state index is -0.905. The second kappa shape index (κ2) is 8.94. The van der Waals surface area contributed by atoms with Crippen LogP contribution in [0.2, 0.25) is 0 Å². The summed E-state index contributed by atoms with van der Waals surface area (Å²) in [5, 5.41) is 13.8. The standard InChI is InChI=1S/C22H25N3O5/c1-14(2)11-12-24(16-7-9-17(10-8-16)25(28)29)22(27)20-18-6-4-5-15(3)21(18)30-13-19(26)23-20/h4-10,14,20H,11-13H2,1-3H3,(H,23,26). The van der Waals surface area contributed by atoms with E-state index < -0.39 is 11.0 Å². The molecule has 0 spiro atoms. The lowest BCUT2D eigenvalue weighted by atomic mass is 10.0. The number of nitro groups is 1. The fourth-order valence-corrected chi connectivity index (χ4v) is 3.38. The van der Waals surface area contributed by atoms with Gasteiger partial charge in [-0.3, -0.25) is 19.7 Å². The SMILES string of the molecule is Cc1cccc2c1OCC(=O)NC2C(=O)N(CCC(C)C)c1ccc([N+](=O)[O-])cc1. The number of para-hydroxylation sites is 1. The number of hydrogen-bond acceptors (Lipinski definition) is 5. The van der Waals surface area contributed by atoms with Crippen LogP contribution in [0.3, 0.4) is 0 Å². The van der Waals surface area contributed by atoms with E-state index in [1.54, 1.807) is 23.1 Å². The number of hydrogen-bond donors (Lipinski definition) is 1. The van der Waals surface area contributed by atoms with Crippen molar-refractivity contribution in [2.24, 2.45) is 5.92 Å². The number of aryl methyl sites for hydroxylation is 1. The van der Waals surface area contributed by atoms with E-state index in [0.29, 0.717) is 29.5 Å². The summed E-state index contributed by atoms with van der Waals surface area (Å²) in [5.41, 5.74) is 1.93. The third kappa shape index (κ3) is 4.59. The number of carbonyl (C=O) groups is 2. The summed E-state index contributed by atoms with van der Waals surface area (Å²) < 4.78 is 5.64. The van der Waals surface area contributed by atoms with E-state index in [9.17, 15) is 19.7 Å². The van der Waals surface area contributed by atoms with Gasteiger partial charge in [-0.05, 0) is 37.0 Å². The van der Waals surface area contributed by atoms with E-state index >= 15 is 0 Å². The topological polar surface area (TPSA) is 102 Å². The number of benzene rings is 2. The fraction of sp³-hybridized carbons (Fsp3) is 0.364. The molecule has 0 bridgehead atoms. The van der Waals surface area contributed by atoms with Gasteiger partial charge in [-0.25, -0.2) is 0 Å².